The minimum absolute atomic E-state index is 0.226. The highest BCUT2D eigenvalue weighted by Gasteiger charge is 2.06. The van der Waals surface area contributed by atoms with E-state index in [4.69, 9.17) is 0 Å². The van der Waals surface area contributed by atoms with Gasteiger partial charge in [-0.25, -0.2) is 0 Å². The van der Waals surface area contributed by atoms with E-state index in [1.54, 1.807) is 12.3 Å². The van der Waals surface area contributed by atoms with Crippen molar-refractivity contribution in [3.8, 4) is 0 Å². The Labute approximate surface area is 85.4 Å². The summed E-state index contributed by atoms with van der Waals surface area (Å²) in [5.41, 5.74) is 1.69. The number of rotatable bonds is 4. The normalized spacial score (nSPS) is 10.6. The first-order valence-electron chi connectivity index (χ1n) is 5.05. The van der Waals surface area contributed by atoms with Gasteiger partial charge in [0.2, 0.25) is 0 Å². The Morgan fingerprint density at radius 3 is 2.79 bits per heavy atom. The van der Waals surface area contributed by atoms with E-state index in [9.17, 15) is 4.79 Å². The number of Topliss-reactive ketones (excluding diaryl/α,β-unsaturated/α-hetero) is 1. The monoisotopic (exact) mass is 191 g/mol. The fourth-order valence-corrected chi connectivity index (χ4v) is 1.28. The zero-order valence-electron chi connectivity index (χ0n) is 9.08. The van der Waals surface area contributed by atoms with E-state index in [2.05, 4.69) is 18.8 Å². The van der Waals surface area contributed by atoms with Gasteiger partial charge in [0.05, 0.1) is 0 Å². The molecule has 0 saturated carbocycles. The van der Waals surface area contributed by atoms with Gasteiger partial charge >= 0.3 is 0 Å². The molecule has 0 bridgehead atoms. The number of pyridine rings is 1. The number of nitrogens with zero attached hydrogens (tertiary/aromatic N) is 1. The highest BCUT2D eigenvalue weighted by molar-refractivity contribution is 5.96. The van der Waals surface area contributed by atoms with Gasteiger partial charge in [-0.05, 0) is 31.4 Å². The Balaban J connectivity index is 2.61. The van der Waals surface area contributed by atoms with Gasteiger partial charge in [0.25, 0.3) is 0 Å². The van der Waals surface area contributed by atoms with Crippen LogP contribution in [0.1, 0.15) is 42.7 Å². The van der Waals surface area contributed by atoms with Crippen molar-refractivity contribution in [1.29, 1.82) is 0 Å². The molecule has 0 aromatic carbocycles. The summed E-state index contributed by atoms with van der Waals surface area (Å²) in [6.45, 7) is 6.16. The number of carbonyl (C=O) groups excluding carboxylic acids is 1. The van der Waals surface area contributed by atoms with Crippen molar-refractivity contribution in [2.75, 3.05) is 0 Å². The lowest BCUT2D eigenvalue weighted by atomic mass is 10.0. The number of ketones is 1. The third-order valence-corrected chi connectivity index (χ3v) is 2.17. The van der Waals surface area contributed by atoms with Gasteiger partial charge in [-0.15, -0.1) is 0 Å². The molecule has 0 amide bonds. The van der Waals surface area contributed by atoms with Gasteiger partial charge in [-0.2, -0.15) is 0 Å². The summed E-state index contributed by atoms with van der Waals surface area (Å²) in [6, 6.07) is 3.64. The van der Waals surface area contributed by atoms with Gasteiger partial charge < -0.3 is 0 Å². The molecule has 0 spiro atoms. The largest absolute Gasteiger partial charge is 0.294 e. The van der Waals surface area contributed by atoms with E-state index in [0.29, 0.717) is 12.3 Å². The van der Waals surface area contributed by atoms with Crippen molar-refractivity contribution >= 4 is 5.78 Å². The molecule has 0 aliphatic carbocycles. The van der Waals surface area contributed by atoms with Crippen molar-refractivity contribution in [2.24, 2.45) is 5.92 Å². The molecule has 0 atom stereocenters. The van der Waals surface area contributed by atoms with Gasteiger partial charge in [0, 0.05) is 23.9 Å². The SMILES string of the molecule is Cc1cc(C(=O)CCC(C)C)ccn1. The van der Waals surface area contributed by atoms with Crippen LogP contribution in [0.25, 0.3) is 0 Å². The summed E-state index contributed by atoms with van der Waals surface area (Å²) in [6.07, 6.45) is 3.29. The van der Waals surface area contributed by atoms with E-state index >= 15 is 0 Å². The molecule has 0 N–H and O–H groups in total. The zero-order chi connectivity index (χ0) is 10.6. The second-order valence-corrected chi connectivity index (χ2v) is 4.04. The third kappa shape index (κ3) is 3.29. The molecule has 76 valence electrons. The van der Waals surface area contributed by atoms with Gasteiger partial charge in [-0.3, -0.25) is 9.78 Å². The Hall–Kier alpha value is -1.18. The highest BCUT2D eigenvalue weighted by atomic mass is 16.1. The first kappa shape index (κ1) is 10.9. The van der Waals surface area contributed by atoms with Gasteiger partial charge in [0.15, 0.2) is 5.78 Å². The predicted molar refractivity (Wildman–Crippen MR) is 57.4 cm³/mol. The summed E-state index contributed by atoms with van der Waals surface area (Å²) >= 11 is 0. The van der Waals surface area contributed by atoms with Crippen LogP contribution in [0, 0.1) is 12.8 Å². The quantitative estimate of drug-likeness (QED) is 0.685. The number of hydrogen-bond acceptors (Lipinski definition) is 2. The first-order chi connectivity index (χ1) is 6.59. The minimum Gasteiger partial charge on any atom is -0.294 e. The third-order valence-electron chi connectivity index (χ3n) is 2.17. The molecule has 2 nitrogen and oxygen atoms in total. The smallest absolute Gasteiger partial charge is 0.163 e. The van der Waals surface area contributed by atoms with Crippen LogP contribution >= 0.6 is 0 Å². The molecule has 0 saturated heterocycles. The lowest BCUT2D eigenvalue weighted by molar-refractivity contribution is 0.0975. The Bertz CT molecular complexity index is 318. The molecule has 0 aliphatic heterocycles. The van der Waals surface area contributed by atoms with Crippen LogP contribution in [0.5, 0.6) is 0 Å². The molecule has 14 heavy (non-hydrogen) atoms. The second-order valence-electron chi connectivity index (χ2n) is 4.04. The van der Waals surface area contributed by atoms with Crippen LogP contribution in [0.4, 0.5) is 0 Å². The molecule has 0 radical (unpaired) electrons. The average molecular weight is 191 g/mol. The molecule has 0 unspecified atom stereocenters. The lowest BCUT2D eigenvalue weighted by Crippen LogP contribution is -2.02. The van der Waals surface area contributed by atoms with Crippen molar-refractivity contribution in [2.45, 2.75) is 33.6 Å². The predicted octanol–water partition coefficient (Wildman–Crippen LogP) is 3.01. The van der Waals surface area contributed by atoms with Crippen LogP contribution in [0.3, 0.4) is 0 Å². The second kappa shape index (κ2) is 4.89. The van der Waals surface area contributed by atoms with Crippen molar-refractivity contribution < 1.29 is 4.79 Å². The molecule has 1 aromatic heterocycles. The molecule has 1 heterocycles. The molecular formula is C12H17NO. The highest BCUT2D eigenvalue weighted by Crippen LogP contribution is 2.10. The van der Waals surface area contributed by atoms with Crippen LogP contribution in [0.2, 0.25) is 0 Å². The summed E-state index contributed by atoms with van der Waals surface area (Å²) in [5, 5.41) is 0. The maximum Gasteiger partial charge on any atom is 0.163 e. The van der Waals surface area contributed by atoms with Crippen molar-refractivity contribution in [3.05, 3.63) is 29.6 Å². The molecule has 2 heteroatoms. The number of aromatic nitrogens is 1. The number of carbonyl (C=O) groups is 1. The van der Waals surface area contributed by atoms with Crippen molar-refractivity contribution in [3.63, 3.8) is 0 Å². The molecular weight excluding hydrogens is 174 g/mol. The zero-order valence-corrected chi connectivity index (χ0v) is 9.08. The molecule has 0 aliphatic rings. The van der Waals surface area contributed by atoms with Crippen LogP contribution < -0.4 is 0 Å². The Kier molecular flexibility index (Phi) is 3.81. The summed E-state index contributed by atoms with van der Waals surface area (Å²) in [5.74, 6) is 0.811. The van der Waals surface area contributed by atoms with E-state index in [-0.39, 0.29) is 5.78 Å². The molecule has 1 aromatic rings. The van der Waals surface area contributed by atoms with E-state index in [1.807, 2.05) is 13.0 Å². The summed E-state index contributed by atoms with van der Waals surface area (Å²) < 4.78 is 0. The van der Waals surface area contributed by atoms with Crippen LogP contribution in [0.15, 0.2) is 18.3 Å². The summed E-state index contributed by atoms with van der Waals surface area (Å²) in [7, 11) is 0. The Morgan fingerprint density at radius 1 is 1.50 bits per heavy atom. The number of aryl methyl sites for hydroxylation is 1. The first-order valence-corrected chi connectivity index (χ1v) is 5.05. The van der Waals surface area contributed by atoms with E-state index in [1.165, 1.54) is 0 Å². The molecule has 0 fully saturated rings. The standard InChI is InChI=1S/C12H17NO/c1-9(2)4-5-12(14)11-6-7-13-10(3)8-11/h6-9H,4-5H2,1-3H3. The summed E-state index contributed by atoms with van der Waals surface area (Å²) in [4.78, 5) is 15.7. The maximum atomic E-state index is 11.7. The fraction of sp³-hybridized carbons (Fsp3) is 0.500. The topological polar surface area (TPSA) is 30.0 Å². The maximum absolute atomic E-state index is 11.7. The van der Waals surface area contributed by atoms with Crippen molar-refractivity contribution in [1.82, 2.24) is 4.98 Å². The van der Waals surface area contributed by atoms with E-state index in [0.717, 1.165) is 17.7 Å². The lowest BCUT2D eigenvalue weighted by Gasteiger charge is -2.04. The average Bonchev–Trinajstić information content (AvgIpc) is 2.14. The van der Waals surface area contributed by atoms with Gasteiger partial charge in [-0.1, -0.05) is 13.8 Å². The molecule has 1 rings (SSSR count). The van der Waals surface area contributed by atoms with Crippen LogP contribution in [-0.4, -0.2) is 10.8 Å². The Morgan fingerprint density at radius 2 is 2.21 bits per heavy atom. The van der Waals surface area contributed by atoms with E-state index < -0.39 is 0 Å². The fourth-order valence-electron chi connectivity index (χ4n) is 1.28. The van der Waals surface area contributed by atoms with Crippen LogP contribution in [-0.2, 0) is 0 Å². The minimum atomic E-state index is 0.226. The number of hydrogen-bond donors (Lipinski definition) is 0. The van der Waals surface area contributed by atoms with Gasteiger partial charge in [0.1, 0.15) is 0 Å².